The number of nitrogens with one attached hydrogen (secondary N) is 1. The summed E-state index contributed by atoms with van der Waals surface area (Å²) in [7, 11) is 1.41. The number of imidazole rings is 1. The van der Waals surface area contributed by atoms with Crippen LogP contribution in [0.4, 0.5) is 5.95 Å². The molecule has 0 saturated carbocycles. The van der Waals surface area contributed by atoms with Crippen molar-refractivity contribution in [3.05, 3.63) is 42.2 Å². The SMILES string of the molecule is COc1nc(N)nc2c1ncn2[C@@H]1O[C@H](COP2(=O)N[C@H](C(=O)O[C@H](C)c3ccccc3)CCS2)[C@@H](O)[C@@]1(C)O. The van der Waals surface area contributed by atoms with Gasteiger partial charge in [0.2, 0.25) is 11.8 Å². The van der Waals surface area contributed by atoms with Gasteiger partial charge >= 0.3 is 12.7 Å². The predicted molar refractivity (Wildman–Crippen MR) is 145 cm³/mol. The summed E-state index contributed by atoms with van der Waals surface area (Å²) < 4.78 is 37.4. The van der Waals surface area contributed by atoms with Crippen molar-refractivity contribution in [3.8, 4) is 5.88 Å². The Morgan fingerprint density at radius 1 is 1.38 bits per heavy atom. The molecule has 2 aliphatic heterocycles. The number of anilines is 1. The van der Waals surface area contributed by atoms with Gasteiger partial charge in [-0.25, -0.2) is 10.1 Å². The Balaban J connectivity index is 1.25. The maximum absolute atomic E-state index is 13.5. The van der Waals surface area contributed by atoms with Crippen LogP contribution in [0.2, 0.25) is 0 Å². The Hall–Kier alpha value is -2.78. The van der Waals surface area contributed by atoms with Crippen molar-refractivity contribution in [2.24, 2.45) is 0 Å². The molecule has 2 fully saturated rings. The fourth-order valence-electron chi connectivity index (χ4n) is 4.65. The highest BCUT2D eigenvalue weighted by atomic mass is 32.7. The topological polar surface area (TPSA) is 193 Å². The largest absolute Gasteiger partial charge is 0.479 e. The first-order valence-electron chi connectivity index (χ1n) is 12.5. The number of hydrogen-bond acceptors (Lipinski definition) is 13. The average molecular weight is 595 g/mol. The van der Waals surface area contributed by atoms with Gasteiger partial charge in [0.15, 0.2) is 17.4 Å². The zero-order valence-electron chi connectivity index (χ0n) is 22.0. The molecule has 216 valence electrons. The molecule has 2 aliphatic rings. The van der Waals surface area contributed by atoms with E-state index in [1.165, 1.54) is 24.9 Å². The van der Waals surface area contributed by atoms with Crippen LogP contribution in [0.15, 0.2) is 36.7 Å². The van der Waals surface area contributed by atoms with Crippen molar-refractivity contribution in [1.82, 2.24) is 24.6 Å². The molecule has 0 aliphatic carbocycles. The van der Waals surface area contributed by atoms with Crippen molar-refractivity contribution in [1.29, 1.82) is 0 Å². The number of nitrogens with two attached hydrogens (primary N) is 1. The number of fused-ring (bicyclic) bond motifs is 1. The van der Waals surface area contributed by atoms with Gasteiger partial charge in [-0.3, -0.25) is 13.9 Å². The monoisotopic (exact) mass is 594 g/mol. The van der Waals surface area contributed by atoms with Crippen LogP contribution in [-0.2, 0) is 23.4 Å². The lowest BCUT2D eigenvalue weighted by atomic mass is 9.96. The molecule has 5 rings (SSSR count). The minimum absolute atomic E-state index is 0.0751. The first kappa shape index (κ1) is 28.7. The van der Waals surface area contributed by atoms with E-state index in [0.29, 0.717) is 12.2 Å². The molecule has 0 spiro atoms. The van der Waals surface area contributed by atoms with Gasteiger partial charge in [0.1, 0.15) is 30.0 Å². The van der Waals surface area contributed by atoms with E-state index in [0.717, 1.165) is 16.9 Å². The molecular formula is C24H31N6O8PS. The normalized spacial score (nSPS) is 31.2. The first-order valence-corrected chi connectivity index (χ1v) is 15.8. The average Bonchev–Trinajstić information content (AvgIpc) is 3.45. The van der Waals surface area contributed by atoms with Crippen molar-refractivity contribution in [3.63, 3.8) is 0 Å². The number of rotatable bonds is 8. The maximum Gasteiger partial charge on any atom is 0.327 e. The van der Waals surface area contributed by atoms with Crippen molar-refractivity contribution >= 4 is 41.2 Å². The van der Waals surface area contributed by atoms with E-state index in [9.17, 15) is 19.6 Å². The molecule has 4 heterocycles. The lowest BCUT2D eigenvalue weighted by Gasteiger charge is -2.30. The second-order valence-corrected chi connectivity index (χ2v) is 14.1. The molecule has 14 nitrogen and oxygen atoms in total. The molecule has 7 atom stereocenters. The first-order chi connectivity index (χ1) is 19.0. The van der Waals surface area contributed by atoms with Gasteiger partial charge in [0, 0.05) is 5.75 Å². The summed E-state index contributed by atoms with van der Waals surface area (Å²) >= 11 is 1.05. The number of nitrogen functional groups attached to an aromatic ring is 1. The van der Waals surface area contributed by atoms with Crippen LogP contribution in [-0.4, -0.2) is 79.0 Å². The van der Waals surface area contributed by atoms with E-state index in [-0.39, 0.29) is 29.6 Å². The summed E-state index contributed by atoms with van der Waals surface area (Å²) in [5.74, 6) is -0.0791. The lowest BCUT2D eigenvalue weighted by molar-refractivity contribution is -0.150. The summed E-state index contributed by atoms with van der Waals surface area (Å²) in [6, 6.07) is 8.46. The molecule has 40 heavy (non-hydrogen) atoms. The van der Waals surface area contributed by atoms with Crippen molar-refractivity contribution < 1.29 is 38.3 Å². The third kappa shape index (κ3) is 5.55. The number of aliphatic hydroxyl groups excluding tert-OH is 1. The zero-order chi connectivity index (χ0) is 28.7. The number of ether oxygens (including phenoxy) is 3. The summed E-state index contributed by atoms with van der Waals surface area (Å²) in [4.78, 5) is 25.2. The van der Waals surface area contributed by atoms with Crippen LogP contribution >= 0.6 is 18.1 Å². The smallest absolute Gasteiger partial charge is 0.327 e. The number of esters is 1. The third-order valence-electron chi connectivity index (χ3n) is 6.84. The fourth-order valence-corrected chi connectivity index (χ4v) is 8.46. The van der Waals surface area contributed by atoms with Crippen molar-refractivity contribution in [2.45, 2.75) is 56.5 Å². The number of carbonyl (C=O) groups is 1. The summed E-state index contributed by atoms with van der Waals surface area (Å²) in [5, 5.41) is 24.9. The van der Waals surface area contributed by atoms with E-state index in [2.05, 4.69) is 20.0 Å². The molecule has 0 bridgehead atoms. The fraction of sp³-hybridized carbons (Fsp3) is 0.500. The Morgan fingerprint density at radius 2 is 2.12 bits per heavy atom. The van der Waals surface area contributed by atoms with Crippen LogP contribution in [0.1, 0.15) is 38.2 Å². The second kappa shape index (κ2) is 11.2. The molecule has 3 aromatic rings. The number of aromatic nitrogens is 4. The molecule has 16 heteroatoms. The summed E-state index contributed by atoms with van der Waals surface area (Å²) in [5.41, 5.74) is 5.34. The molecular weight excluding hydrogens is 563 g/mol. The molecule has 1 unspecified atom stereocenters. The van der Waals surface area contributed by atoms with Gasteiger partial charge in [-0.1, -0.05) is 41.7 Å². The van der Waals surface area contributed by atoms with Gasteiger partial charge in [-0.05, 0) is 25.8 Å². The molecule has 1 aromatic carbocycles. The number of aliphatic hydroxyl groups is 2. The minimum Gasteiger partial charge on any atom is -0.479 e. The molecule has 5 N–H and O–H groups in total. The van der Waals surface area contributed by atoms with Crippen LogP contribution in [0.25, 0.3) is 11.2 Å². The minimum atomic E-state index is -3.58. The number of hydrogen-bond donors (Lipinski definition) is 4. The number of nitrogens with zero attached hydrogens (tertiary/aromatic N) is 4. The van der Waals surface area contributed by atoms with Gasteiger partial charge in [0.25, 0.3) is 0 Å². The highest BCUT2D eigenvalue weighted by Gasteiger charge is 2.54. The van der Waals surface area contributed by atoms with Gasteiger partial charge in [-0.2, -0.15) is 9.97 Å². The van der Waals surface area contributed by atoms with E-state index < -0.39 is 48.9 Å². The second-order valence-electron chi connectivity index (χ2n) is 9.70. The quantitative estimate of drug-likeness (QED) is 0.218. The zero-order valence-corrected chi connectivity index (χ0v) is 23.7. The van der Waals surface area contributed by atoms with E-state index in [1.807, 2.05) is 30.3 Å². The van der Waals surface area contributed by atoms with E-state index >= 15 is 0 Å². The third-order valence-corrected chi connectivity index (χ3v) is 10.9. The summed E-state index contributed by atoms with van der Waals surface area (Å²) in [6.07, 6.45) is -2.35. The molecule has 2 saturated heterocycles. The molecule has 0 radical (unpaired) electrons. The molecule has 2 aromatic heterocycles. The summed E-state index contributed by atoms with van der Waals surface area (Å²) in [6.45, 7) is -0.748. The molecule has 0 amide bonds. The Kier molecular flexibility index (Phi) is 8.08. The van der Waals surface area contributed by atoms with Crippen LogP contribution in [0.5, 0.6) is 5.88 Å². The van der Waals surface area contributed by atoms with Crippen LogP contribution in [0, 0.1) is 0 Å². The Labute approximate surface area is 233 Å². The van der Waals surface area contributed by atoms with Crippen LogP contribution in [0.3, 0.4) is 0 Å². The number of carbonyl (C=O) groups excluding carboxylic acids is 1. The van der Waals surface area contributed by atoms with E-state index in [1.54, 1.807) is 6.92 Å². The van der Waals surface area contributed by atoms with Gasteiger partial charge in [0.05, 0.1) is 20.0 Å². The van der Waals surface area contributed by atoms with Crippen LogP contribution < -0.4 is 15.6 Å². The van der Waals surface area contributed by atoms with Gasteiger partial charge in [-0.15, -0.1) is 0 Å². The predicted octanol–water partition coefficient (Wildman–Crippen LogP) is 1.95. The number of benzene rings is 1. The van der Waals surface area contributed by atoms with Gasteiger partial charge < -0.3 is 34.7 Å². The maximum atomic E-state index is 13.5. The highest BCUT2D eigenvalue weighted by Crippen LogP contribution is 2.59. The number of methoxy groups -OCH3 is 1. The van der Waals surface area contributed by atoms with E-state index in [4.69, 9.17) is 24.5 Å². The standard InChI is InChI=1S/C24H31N6O8PS/c1-13(14-7-5-4-6-8-14)37-21(32)15-9-10-40-39(34,29-15)36-11-16-18(31)24(2,33)22(38-16)30-12-26-17-19(30)27-23(25)28-20(17)35-3/h4-8,12-13,15-16,18,22,31,33H,9-11H2,1-3H3,(H,29,34)(H2,25,27,28)/t13-,15+,16-,18-,22-,24-,39?/m1/s1. The highest BCUT2D eigenvalue weighted by molar-refractivity contribution is 8.56. The Bertz CT molecular complexity index is 1430. The Morgan fingerprint density at radius 3 is 2.85 bits per heavy atom. The van der Waals surface area contributed by atoms with Crippen molar-refractivity contribution in [2.75, 3.05) is 25.2 Å². The lowest BCUT2D eigenvalue weighted by Crippen LogP contribution is -2.44.